The number of hydrogen-bond donors (Lipinski definition) is 1. The third-order valence-corrected chi connectivity index (χ3v) is 3.96. The molecule has 2 nitrogen and oxygen atoms in total. The Morgan fingerprint density at radius 1 is 1.05 bits per heavy atom. The van der Waals surface area contributed by atoms with Crippen LogP contribution in [0.2, 0.25) is 0 Å². The average molecular weight is 259 g/mol. The molecule has 2 heteroatoms. The lowest BCUT2D eigenvalue weighted by atomic mass is 9.90. The minimum atomic E-state index is -0.0353. The van der Waals surface area contributed by atoms with Crippen molar-refractivity contribution in [1.82, 2.24) is 0 Å². The number of methoxy groups -OCH3 is 1. The van der Waals surface area contributed by atoms with Crippen LogP contribution in [0, 0.1) is 0 Å². The van der Waals surface area contributed by atoms with Crippen LogP contribution >= 0.6 is 0 Å². The van der Waals surface area contributed by atoms with Gasteiger partial charge in [-0.2, -0.15) is 0 Å². The maximum Gasteiger partial charge on any atom is 0.101 e. The molecule has 0 radical (unpaired) electrons. The van der Waals surface area contributed by atoms with E-state index < -0.39 is 0 Å². The van der Waals surface area contributed by atoms with Crippen LogP contribution in [0.3, 0.4) is 0 Å². The van der Waals surface area contributed by atoms with Crippen molar-refractivity contribution in [2.24, 2.45) is 5.73 Å². The predicted octanol–water partition coefficient (Wildman–Crippen LogP) is 3.98. The molecule has 0 bridgehead atoms. The Balaban J connectivity index is 2.13. The maximum atomic E-state index is 6.46. The van der Waals surface area contributed by atoms with Crippen LogP contribution in [0.4, 0.5) is 0 Å². The van der Waals surface area contributed by atoms with Gasteiger partial charge in [-0.05, 0) is 31.2 Å². The van der Waals surface area contributed by atoms with E-state index in [4.69, 9.17) is 10.5 Å². The minimum absolute atomic E-state index is 0.0227. The molecule has 0 aromatic heterocycles. The summed E-state index contributed by atoms with van der Waals surface area (Å²) >= 11 is 0. The molecule has 2 rings (SSSR count). The molecule has 0 saturated heterocycles. The van der Waals surface area contributed by atoms with E-state index >= 15 is 0 Å². The van der Waals surface area contributed by atoms with Crippen molar-refractivity contribution in [1.29, 1.82) is 0 Å². The maximum absolute atomic E-state index is 6.46. The van der Waals surface area contributed by atoms with Gasteiger partial charge in [0.1, 0.15) is 6.10 Å². The molecule has 0 amide bonds. The number of ether oxygens (including phenoxy) is 1. The second-order valence-electron chi connectivity index (χ2n) is 5.32. The first kappa shape index (κ1) is 14.3. The highest BCUT2D eigenvalue weighted by atomic mass is 16.5. The van der Waals surface area contributed by atoms with Crippen LogP contribution in [-0.2, 0) is 4.74 Å². The van der Waals surface area contributed by atoms with Crippen LogP contribution in [0.5, 0.6) is 0 Å². The molecular weight excluding hydrogens is 234 g/mol. The smallest absolute Gasteiger partial charge is 0.101 e. The molecule has 2 atom stereocenters. The van der Waals surface area contributed by atoms with Crippen LogP contribution < -0.4 is 5.73 Å². The normalized spacial score (nSPS) is 22.7. The second kappa shape index (κ2) is 7.46. The van der Waals surface area contributed by atoms with Crippen LogP contribution in [0.1, 0.15) is 50.2 Å². The molecule has 0 heterocycles. The van der Waals surface area contributed by atoms with Gasteiger partial charge in [0.15, 0.2) is 0 Å². The summed E-state index contributed by atoms with van der Waals surface area (Å²) in [5.41, 5.74) is 9.00. The molecule has 19 heavy (non-hydrogen) atoms. The fourth-order valence-corrected chi connectivity index (χ4v) is 2.85. The lowest BCUT2D eigenvalue weighted by Crippen LogP contribution is -2.32. The van der Waals surface area contributed by atoms with Crippen molar-refractivity contribution in [3.63, 3.8) is 0 Å². The number of hydrogen-bond acceptors (Lipinski definition) is 2. The van der Waals surface area contributed by atoms with Gasteiger partial charge < -0.3 is 10.5 Å². The van der Waals surface area contributed by atoms with Gasteiger partial charge in [0.25, 0.3) is 0 Å². The summed E-state index contributed by atoms with van der Waals surface area (Å²) in [4.78, 5) is 0. The highest BCUT2D eigenvalue weighted by Crippen LogP contribution is 2.28. The molecule has 1 aromatic carbocycles. The largest absolute Gasteiger partial charge is 0.375 e. The van der Waals surface area contributed by atoms with Crippen molar-refractivity contribution in [3.05, 3.63) is 47.5 Å². The lowest BCUT2D eigenvalue weighted by Gasteiger charge is -2.26. The van der Waals surface area contributed by atoms with Crippen LogP contribution in [-0.4, -0.2) is 13.2 Å². The van der Waals surface area contributed by atoms with E-state index in [1.165, 1.54) is 36.8 Å². The fourth-order valence-electron chi connectivity index (χ4n) is 2.85. The van der Waals surface area contributed by atoms with Crippen molar-refractivity contribution >= 4 is 0 Å². The molecule has 2 unspecified atom stereocenters. The molecule has 0 saturated carbocycles. The number of nitrogens with two attached hydrogens (primary N) is 1. The quantitative estimate of drug-likeness (QED) is 0.830. The molecule has 1 aliphatic carbocycles. The zero-order valence-corrected chi connectivity index (χ0v) is 11.8. The predicted molar refractivity (Wildman–Crippen MR) is 80.0 cm³/mol. The number of benzene rings is 1. The molecular formula is C17H25NO. The molecule has 104 valence electrons. The molecule has 1 aliphatic rings. The van der Waals surface area contributed by atoms with E-state index in [9.17, 15) is 0 Å². The zero-order chi connectivity index (χ0) is 13.5. The highest BCUT2D eigenvalue weighted by Gasteiger charge is 2.22. The van der Waals surface area contributed by atoms with E-state index in [2.05, 4.69) is 18.2 Å². The van der Waals surface area contributed by atoms with Gasteiger partial charge in [-0.25, -0.2) is 0 Å². The topological polar surface area (TPSA) is 35.2 Å². The third kappa shape index (κ3) is 3.92. The van der Waals surface area contributed by atoms with E-state index in [1.807, 2.05) is 18.2 Å². The Hall–Kier alpha value is -1.12. The second-order valence-corrected chi connectivity index (χ2v) is 5.32. The van der Waals surface area contributed by atoms with E-state index in [-0.39, 0.29) is 12.1 Å². The van der Waals surface area contributed by atoms with E-state index in [0.29, 0.717) is 0 Å². The summed E-state index contributed by atoms with van der Waals surface area (Å²) < 4.78 is 5.66. The molecule has 0 aliphatic heterocycles. The zero-order valence-electron chi connectivity index (χ0n) is 11.8. The van der Waals surface area contributed by atoms with Gasteiger partial charge in [0.05, 0.1) is 6.04 Å². The van der Waals surface area contributed by atoms with Gasteiger partial charge in [-0.15, -0.1) is 0 Å². The summed E-state index contributed by atoms with van der Waals surface area (Å²) in [5.74, 6) is 0. The first-order valence-electron chi connectivity index (χ1n) is 7.35. The monoisotopic (exact) mass is 259 g/mol. The van der Waals surface area contributed by atoms with Gasteiger partial charge in [-0.1, -0.05) is 54.8 Å². The van der Waals surface area contributed by atoms with Crippen molar-refractivity contribution in [2.45, 2.75) is 50.7 Å². The van der Waals surface area contributed by atoms with Gasteiger partial charge in [-0.3, -0.25) is 0 Å². The van der Waals surface area contributed by atoms with Gasteiger partial charge >= 0.3 is 0 Å². The third-order valence-electron chi connectivity index (χ3n) is 3.96. The molecule has 2 N–H and O–H groups in total. The van der Waals surface area contributed by atoms with Crippen molar-refractivity contribution < 1.29 is 4.74 Å². The number of rotatable bonds is 4. The Morgan fingerprint density at radius 2 is 1.79 bits per heavy atom. The standard InChI is InChI=1S/C17H25NO/c1-19-17(15-12-8-5-9-13-15)16(18)14-10-6-3-2-4-7-11-14/h5,8-10,12-13,16-17H,2-4,6-7,11,18H2,1H3/b14-10+. The van der Waals surface area contributed by atoms with Crippen molar-refractivity contribution in [3.8, 4) is 0 Å². The van der Waals surface area contributed by atoms with E-state index in [0.717, 1.165) is 12.8 Å². The summed E-state index contributed by atoms with van der Waals surface area (Å²) in [6.07, 6.45) is 9.82. The summed E-state index contributed by atoms with van der Waals surface area (Å²) in [6.45, 7) is 0. The lowest BCUT2D eigenvalue weighted by molar-refractivity contribution is 0.0885. The Morgan fingerprint density at radius 3 is 2.53 bits per heavy atom. The van der Waals surface area contributed by atoms with Crippen LogP contribution in [0.15, 0.2) is 42.0 Å². The van der Waals surface area contributed by atoms with Gasteiger partial charge in [0.2, 0.25) is 0 Å². The van der Waals surface area contributed by atoms with Crippen molar-refractivity contribution in [2.75, 3.05) is 7.11 Å². The summed E-state index contributed by atoms with van der Waals surface area (Å²) in [6, 6.07) is 10.3. The highest BCUT2D eigenvalue weighted by molar-refractivity contribution is 5.24. The number of allylic oxidation sites excluding steroid dienone is 1. The first-order valence-corrected chi connectivity index (χ1v) is 7.35. The Bertz CT molecular complexity index is 399. The van der Waals surface area contributed by atoms with E-state index in [1.54, 1.807) is 7.11 Å². The Kier molecular flexibility index (Phi) is 5.62. The SMILES string of the molecule is COC(c1ccccc1)C(N)/C1=C/CCCCCC1. The fraction of sp³-hybridized carbons (Fsp3) is 0.529. The first-order chi connectivity index (χ1) is 9.33. The van der Waals surface area contributed by atoms with Gasteiger partial charge in [0, 0.05) is 7.11 Å². The molecule has 0 spiro atoms. The van der Waals surface area contributed by atoms with Crippen LogP contribution in [0.25, 0.3) is 0 Å². The average Bonchev–Trinajstić information content (AvgIpc) is 2.40. The minimum Gasteiger partial charge on any atom is -0.375 e. The molecule has 0 fully saturated rings. The summed E-state index contributed by atoms with van der Waals surface area (Å²) in [5, 5.41) is 0. The summed E-state index contributed by atoms with van der Waals surface area (Å²) in [7, 11) is 1.75. The Labute approximate surface area is 116 Å². The molecule has 1 aromatic rings.